The molecule has 1 saturated heterocycles. The number of thiophene rings is 1. The molecule has 0 amide bonds. The van der Waals surface area contributed by atoms with Gasteiger partial charge < -0.3 is 14.8 Å². The number of hydrogen-bond acceptors (Lipinski definition) is 5. The number of ether oxygens (including phenoxy) is 2. The van der Waals surface area contributed by atoms with Crippen LogP contribution in [0.3, 0.4) is 0 Å². The number of rotatable bonds is 6. The number of aromatic nitrogens is 1. The molecule has 3 fully saturated rings. The lowest BCUT2D eigenvalue weighted by Gasteiger charge is -2.46. The molecule has 2 aliphatic carbocycles. The average Bonchev–Trinajstić information content (AvgIpc) is 3.61. The van der Waals surface area contributed by atoms with Gasteiger partial charge in [-0.3, -0.25) is 4.98 Å². The maximum absolute atomic E-state index is 6.49. The maximum atomic E-state index is 6.49. The van der Waals surface area contributed by atoms with E-state index in [9.17, 15) is 0 Å². The highest BCUT2D eigenvalue weighted by molar-refractivity contribution is 7.10. The van der Waals surface area contributed by atoms with E-state index in [0.717, 1.165) is 45.6 Å². The van der Waals surface area contributed by atoms with Crippen LogP contribution in [-0.2, 0) is 20.3 Å². The number of nitrogens with one attached hydrogen (secondary N) is 1. The van der Waals surface area contributed by atoms with E-state index in [0.29, 0.717) is 5.41 Å². The lowest BCUT2D eigenvalue weighted by Crippen LogP contribution is -2.47. The van der Waals surface area contributed by atoms with Gasteiger partial charge in [-0.1, -0.05) is 31.7 Å². The van der Waals surface area contributed by atoms with Gasteiger partial charge in [-0.05, 0) is 80.6 Å². The van der Waals surface area contributed by atoms with E-state index >= 15 is 0 Å². The summed E-state index contributed by atoms with van der Waals surface area (Å²) in [6.07, 6.45) is 15.8. The fourth-order valence-corrected chi connectivity index (χ4v) is 8.46. The van der Waals surface area contributed by atoms with Gasteiger partial charge in [0.15, 0.2) is 0 Å². The van der Waals surface area contributed by atoms with Gasteiger partial charge >= 0.3 is 0 Å². The fourth-order valence-electron chi connectivity index (χ4n) is 7.40. The molecule has 0 aromatic carbocycles. The minimum Gasteiger partial charge on any atom is -0.375 e. The Hall–Kier alpha value is -1.27. The first-order chi connectivity index (χ1) is 16.2. The minimum atomic E-state index is 0.0870. The quantitative estimate of drug-likeness (QED) is 0.525. The molecule has 2 aromatic heterocycles. The predicted molar refractivity (Wildman–Crippen MR) is 133 cm³/mol. The molecule has 5 heteroatoms. The van der Waals surface area contributed by atoms with Crippen LogP contribution in [0.25, 0.3) is 0 Å². The summed E-state index contributed by atoms with van der Waals surface area (Å²) < 4.78 is 12.9. The second kappa shape index (κ2) is 9.07. The highest BCUT2D eigenvalue weighted by Crippen LogP contribution is 2.51. The first-order valence-corrected chi connectivity index (χ1v) is 14.1. The topological polar surface area (TPSA) is 43.4 Å². The summed E-state index contributed by atoms with van der Waals surface area (Å²) in [4.78, 5) is 6.33. The largest absolute Gasteiger partial charge is 0.375 e. The Bertz CT molecular complexity index is 932. The average molecular weight is 467 g/mol. The Morgan fingerprint density at radius 3 is 2.70 bits per heavy atom. The summed E-state index contributed by atoms with van der Waals surface area (Å²) in [5.74, 6) is 0. The second-order valence-electron chi connectivity index (χ2n) is 11.1. The molecule has 2 atom stereocenters. The Balaban J connectivity index is 1.13. The van der Waals surface area contributed by atoms with Crippen molar-refractivity contribution in [1.29, 1.82) is 0 Å². The van der Waals surface area contributed by atoms with Gasteiger partial charge in [-0.2, -0.15) is 0 Å². The molecule has 2 aromatic rings. The maximum Gasteiger partial charge on any atom is 0.104 e. The number of pyridine rings is 1. The van der Waals surface area contributed by atoms with E-state index in [1.807, 2.05) is 23.6 Å². The number of fused-ring (bicyclic) bond motifs is 2. The zero-order chi connectivity index (χ0) is 22.2. The summed E-state index contributed by atoms with van der Waals surface area (Å²) in [7, 11) is 0. The van der Waals surface area contributed by atoms with Crippen LogP contribution < -0.4 is 5.32 Å². The minimum absolute atomic E-state index is 0.0870. The molecule has 4 heterocycles. The van der Waals surface area contributed by atoms with Crippen LogP contribution in [-0.4, -0.2) is 36.9 Å². The second-order valence-corrected chi connectivity index (χ2v) is 12.0. The molecule has 1 N–H and O–H groups in total. The Kier molecular flexibility index (Phi) is 6.10. The van der Waals surface area contributed by atoms with Crippen molar-refractivity contribution in [3.8, 4) is 0 Å². The third-order valence-corrected chi connectivity index (χ3v) is 10.2. The Labute approximate surface area is 202 Å². The monoisotopic (exact) mass is 466 g/mol. The van der Waals surface area contributed by atoms with Crippen LogP contribution in [0.15, 0.2) is 35.8 Å². The third-order valence-electron chi connectivity index (χ3n) is 9.16. The van der Waals surface area contributed by atoms with Crippen LogP contribution in [0, 0.1) is 0 Å². The van der Waals surface area contributed by atoms with Crippen molar-refractivity contribution in [2.24, 2.45) is 0 Å². The fraction of sp³-hybridized carbons (Fsp3) is 0.679. The van der Waals surface area contributed by atoms with Gasteiger partial charge in [0.05, 0.1) is 12.2 Å². The van der Waals surface area contributed by atoms with E-state index in [1.165, 1.54) is 61.9 Å². The van der Waals surface area contributed by atoms with Crippen LogP contribution in [0.1, 0.15) is 92.9 Å². The van der Waals surface area contributed by atoms with Gasteiger partial charge in [0.25, 0.3) is 0 Å². The smallest absolute Gasteiger partial charge is 0.104 e. The molecule has 2 saturated carbocycles. The SMILES string of the molecule is c1ccc([C@]2(CCNCC3OCC4(CCCC4)c4ccsc43)CCOC3(CCCC3)C2)nc1. The van der Waals surface area contributed by atoms with Crippen molar-refractivity contribution in [3.05, 3.63) is 52.0 Å². The van der Waals surface area contributed by atoms with E-state index in [2.05, 4.69) is 28.9 Å². The van der Waals surface area contributed by atoms with E-state index in [4.69, 9.17) is 14.5 Å². The van der Waals surface area contributed by atoms with Crippen LogP contribution in [0.2, 0.25) is 0 Å². The van der Waals surface area contributed by atoms with Crippen LogP contribution in [0.4, 0.5) is 0 Å². The molecule has 178 valence electrons. The van der Waals surface area contributed by atoms with Crippen molar-refractivity contribution in [3.63, 3.8) is 0 Å². The molecule has 0 bridgehead atoms. The summed E-state index contributed by atoms with van der Waals surface area (Å²) in [5, 5.41) is 6.08. The van der Waals surface area contributed by atoms with Crippen LogP contribution in [0.5, 0.6) is 0 Å². The lowest BCUT2D eigenvalue weighted by molar-refractivity contribution is -0.104. The Morgan fingerprint density at radius 2 is 1.88 bits per heavy atom. The van der Waals surface area contributed by atoms with Gasteiger partial charge in [-0.15, -0.1) is 11.3 Å². The standard InChI is InChI=1S/C28H38N2O2S/c1-6-15-30-24(7-1)26(14-17-32-28(20-26)11-4-5-12-28)13-16-29-19-23-25-22(8-18-33-25)27(21-31-23)9-2-3-10-27/h1,6-8,15,18,23,29H,2-5,9-14,16-17,19-21H2/t23?,26-/m1/s1. The molecule has 6 rings (SSSR count). The summed E-state index contributed by atoms with van der Waals surface area (Å²) in [6.45, 7) is 3.67. The Morgan fingerprint density at radius 1 is 1.03 bits per heavy atom. The van der Waals surface area contributed by atoms with E-state index < -0.39 is 0 Å². The molecule has 0 radical (unpaired) electrons. The molecule has 33 heavy (non-hydrogen) atoms. The molecule has 2 spiro atoms. The number of nitrogens with zero attached hydrogens (tertiary/aromatic N) is 1. The zero-order valence-electron chi connectivity index (χ0n) is 19.8. The zero-order valence-corrected chi connectivity index (χ0v) is 20.6. The van der Waals surface area contributed by atoms with Crippen molar-refractivity contribution in [1.82, 2.24) is 10.3 Å². The molecular formula is C28H38N2O2S. The summed E-state index contributed by atoms with van der Waals surface area (Å²) in [5.41, 5.74) is 3.38. The van der Waals surface area contributed by atoms with Gasteiger partial charge in [0, 0.05) is 40.7 Å². The van der Waals surface area contributed by atoms with Crippen molar-refractivity contribution < 1.29 is 9.47 Å². The molecule has 2 aliphatic heterocycles. The molecular weight excluding hydrogens is 428 g/mol. The van der Waals surface area contributed by atoms with Gasteiger partial charge in [0.2, 0.25) is 0 Å². The summed E-state index contributed by atoms with van der Waals surface area (Å²) in [6, 6.07) is 8.83. The predicted octanol–water partition coefficient (Wildman–Crippen LogP) is 6.07. The van der Waals surface area contributed by atoms with Crippen molar-refractivity contribution in [2.45, 2.75) is 93.2 Å². The summed E-state index contributed by atoms with van der Waals surface area (Å²) >= 11 is 1.90. The molecule has 1 unspecified atom stereocenters. The van der Waals surface area contributed by atoms with Gasteiger partial charge in [0.1, 0.15) is 6.10 Å². The number of hydrogen-bond donors (Lipinski definition) is 1. The van der Waals surface area contributed by atoms with Gasteiger partial charge in [-0.25, -0.2) is 0 Å². The van der Waals surface area contributed by atoms with Crippen molar-refractivity contribution >= 4 is 11.3 Å². The third kappa shape index (κ3) is 4.09. The highest BCUT2D eigenvalue weighted by atomic mass is 32.1. The van der Waals surface area contributed by atoms with E-state index in [-0.39, 0.29) is 17.1 Å². The molecule has 4 nitrogen and oxygen atoms in total. The van der Waals surface area contributed by atoms with Crippen LogP contribution >= 0.6 is 11.3 Å². The van der Waals surface area contributed by atoms with E-state index in [1.54, 1.807) is 5.56 Å². The normalized spacial score (nSPS) is 30.1. The lowest BCUT2D eigenvalue weighted by atomic mass is 9.68. The highest BCUT2D eigenvalue weighted by Gasteiger charge is 2.48. The molecule has 4 aliphatic rings. The first-order valence-electron chi connectivity index (χ1n) is 13.2. The van der Waals surface area contributed by atoms with Crippen molar-refractivity contribution in [2.75, 3.05) is 26.3 Å². The first kappa shape index (κ1) is 22.2.